The van der Waals surface area contributed by atoms with E-state index >= 15 is 0 Å². The summed E-state index contributed by atoms with van der Waals surface area (Å²) >= 11 is 1.75. The molecule has 156 valence electrons. The van der Waals surface area contributed by atoms with Gasteiger partial charge in [0.1, 0.15) is 17.2 Å². The molecule has 3 aromatic heterocycles. The molecule has 6 rings (SSSR count). The number of benzene rings is 1. The molecule has 0 saturated carbocycles. The summed E-state index contributed by atoms with van der Waals surface area (Å²) in [6.07, 6.45) is 6.20. The molecule has 1 aliphatic heterocycles. The lowest BCUT2D eigenvalue weighted by Gasteiger charge is -2.26. The molecule has 0 bridgehead atoms. The van der Waals surface area contributed by atoms with Crippen molar-refractivity contribution in [3.8, 4) is 0 Å². The van der Waals surface area contributed by atoms with Crippen LogP contribution in [0.4, 0.5) is 0 Å². The molecule has 4 aromatic rings. The molecule has 2 amide bonds. The number of imide groups is 1. The Morgan fingerprint density at radius 1 is 1.03 bits per heavy atom. The maximum atomic E-state index is 13.1. The molecule has 4 heterocycles. The zero-order chi connectivity index (χ0) is 21.3. The lowest BCUT2D eigenvalue weighted by atomic mass is 9.97. The zero-order valence-corrected chi connectivity index (χ0v) is 18.1. The van der Waals surface area contributed by atoms with Gasteiger partial charge >= 0.3 is 0 Å². The minimum atomic E-state index is -0.545. The third kappa shape index (κ3) is 2.61. The molecule has 2 aliphatic rings. The first-order valence-electron chi connectivity index (χ1n) is 10.7. The number of hydrogen-bond acceptors (Lipinski definition) is 6. The van der Waals surface area contributed by atoms with Crippen LogP contribution in [-0.4, -0.2) is 36.3 Å². The summed E-state index contributed by atoms with van der Waals surface area (Å²) < 4.78 is 1.70. The first kappa shape index (κ1) is 18.6. The topological polar surface area (TPSA) is 80.5 Å². The second kappa shape index (κ2) is 6.68. The van der Waals surface area contributed by atoms with E-state index in [1.54, 1.807) is 46.4 Å². The Morgan fingerprint density at radius 3 is 2.45 bits per heavy atom. The number of carbonyl (C=O) groups excluding carboxylic acids is 2. The van der Waals surface area contributed by atoms with E-state index in [1.165, 1.54) is 28.2 Å². The van der Waals surface area contributed by atoms with E-state index in [2.05, 4.69) is 4.98 Å². The van der Waals surface area contributed by atoms with Crippen molar-refractivity contribution in [1.82, 2.24) is 24.5 Å². The molecule has 1 aliphatic carbocycles. The fourth-order valence-corrected chi connectivity index (χ4v) is 6.09. The molecular weight excluding hydrogens is 410 g/mol. The van der Waals surface area contributed by atoms with Crippen molar-refractivity contribution in [3.05, 3.63) is 58.0 Å². The minimum absolute atomic E-state index is 0.0422. The highest BCUT2D eigenvalue weighted by atomic mass is 32.1. The number of hydrogen-bond donors (Lipinski definition) is 0. The Bertz CT molecular complexity index is 1350. The fourth-order valence-electron chi connectivity index (χ4n) is 4.87. The van der Waals surface area contributed by atoms with Crippen LogP contribution in [0.2, 0.25) is 0 Å². The fraction of sp³-hybridized carbons (Fsp3) is 0.348. The maximum absolute atomic E-state index is 13.1. The van der Waals surface area contributed by atoms with Gasteiger partial charge in [0.05, 0.1) is 16.5 Å². The van der Waals surface area contributed by atoms with Crippen LogP contribution in [0.5, 0.6) is 0 Å². The van der Waals surface area contributed by atoms with E-state index < -0.39 is 6.04 Å². The van der Waals surface area contributed by atoms with Crippen LogP contribution in [0.25, 0.3) is 15.9 Å². The van der Waals surface area contributed by atoms with E-state index in [9.17, 15) is 9.59 Å². The van der Waals surface area contributed by atoms with Crippen LogP contribution in [-0.2, 0) is 12.8 Å². The predicted molar refractivity (Wildman–Crippen MR) is 117 cm³/mol. The first-order chi connectivity index (χ1) is 15.0. The number of thiophene rings is 1. The summed E-state index contributed by atoms with van der Waals surface area (Å²) in [4.78, 5) is 39.5. The summed E-state index contributed by atoms with van der Waals surface area (Å²) in [5.74, 6) is -0.127. The van der Waals surface area contributed by atoms with Crippen molar-refractivity contribution in [2.75, 3.05) is 0 Å². The molecule has 0 spiro atoms. The van der Waals surface area contributed by atoms with Crippen molar-refractivity contribution in [2.24, 2.45) is 5.92 Å². The largest absolute Gasteiger partial charge is 0.269 e. The zero-order valence-electron chi connectivity index (χ0n) is 17.3. The van der Waals surface area contributed by atoms with Crippen molar-refractivity contribution < 1.29 is 9.59 Å². The van der Waals surface area contributed by atoms with Gasteiger partial charge in [-0.05, 0) is 49.3 Å². The number of rotatable bonds is 3. The third-order valence-electron chi connectivity index (χ3n) is 6.31. The van der Waals surface area contributed by atoms with Crippen LogP contribution in [0.1, 0.15) is 69.7 Å². The monoisotopic (exact) mass is 431 g/mol. The van der Waals surface area contributed by atoms with Gasteiger partial charge in [0.15, 0.2) is 11.5 Å². The van der Waals surface area contributed by atoms with E-state index in [0.717, 1.165) is 28.7 Å². The average Bonchev–Trinajstić information content (AvgIpc) is 3.42. The van der Waals surface area contributed by atoms with Gasteiger partial charge in [0.25, 0.3) is 11.8 Å². The highest BCUT2D eigenvalue weighted by Gasteiger charge is 2.43. The Hall–Kier alpha value is -3.13. The van der Waals surface area contributed by atoms with Gasteiger partial charge < -0.3 is 0 Å². The quantitative estimate of drug-likeness (QED) is 0.454. The van der Waals surface area contributed by atoms with Crippen LogP contribution in [0.3, 0.4) is 0 Å². The number of carbonyl (C=O) groups is 2. The van der Waals surface area contributed by atoms with Crippen LogP contribution < -0.4 is 0 Å². The molecule has 0 fully saturated rings. The lowest BCUT2D eigenvalue weighted by molar-refractivity contribution is 0.0529. The molecule has 0 N–H and O–H groups in total. The highest BCUT2D eigenvalue weighted by molar-refractivity contribution is 7.19. The van der Waals surface area contributed by atoms with Crippen molar-refractivity contribution in [3.63, 3.8) is 0 Å². The van der Waals surface area contributed by atoms with Gasteiger partial charge in [-0.3, -0.25) is 14.5 Å². The van der Waals surface area contributed by atoms with Gasteiger partial charge in [-0.2, -0.15) is 0 Å². The molecular formula is C23H21N5O2S. The Labute approximate surface area is 182 Å². The summed E-state index contributed by atoms with van der Waals surface area (Å²) in [5.41, 5.74) is 2.99. The van der Waals surface area contributed by atoms with Crippen molar-refractivity contribution >= 4 is 39.0 Å². The standard InChI is InChI=1S/C23H21N5O2S/c1-12(2)18(28-22(29)13-7-3-4-8-14(13)23(28)30)19-25-20-17-15-9-5-6-10-16(15)31-21(17)24-11-27(20)26-19/h3-4,7-8,11-12,18H,5-6,9-10H2,1-2H3/t18-/m1/s1. The van der Waals surface area contributed by atoms with Crippen LogP contribution >= 0.6 is 11.3 Å². The van der Waals surface area contributed by atoms with Gasteiger partial charge in [-0.25, -0.2) is 14.5 Å². The van der Waals surface area contributed by atoms with E-state index in [0.29, 0.717) is 17.0 Å². The lowest BCUT2D eigenvalue weighted by Crippen LogP contribution is -2.37. The number of amides is 2. The SMILES string of the molecule is CC(C)[C@H](c1nc2c3c4c(sc3ncn2n1)CCCC4)N1C(=O)c2ccccc2C1=O. The van der Waals surface area contributed by atoms with Crippen molar-refractivity contribution in [1.29, 1.82) is 0 Å². The number of fused-ring (bicyclic) bond motifs is 6. The average molecular weight is 432 g/mol. The van der Waals surface area contributed by atoms with Gasteiger partial charge in [-0.1, -0.05) is 26.0 Å². The van der Waals surface area contributed by atoms with Crippen LogP contribution in [0, 0.1) is 5.92 Å². The van der Waals surface area contributed by atoms with Crippen molar-refractivity contribution in [2.45, 2.75) is 45.6 Å². The Kier molecular flexibility index (Phi) is 4.02. The summed E-state index contributed by atoms with van der Waals surface area (Å²) in [7, 11) is 0. The smallest absolute Gasteiger partial charge is 0.262 e. The number of nitrogens with zero attached hydrogens (tertiary/aromatic N) is 5. The predicted octanol–water partition coefficient (Wildman–Crippen LogP) is 4.21. The molecule has 0 radical (unpaired) electrons. The Morgan fingerprint density at radius 2 is 1.74 bits per heavy atom. The number of aryl methyl sites for hydroxylation is 2. The molecule has 7 nitrogen and oxygen atoms in total. The summed E-state index contributed by atoms with van der Waals surface area (Å²) in [5, 5.41) is 5.77. The molecule has 1 atom stereocenters. The van der Waals surface area contributed by atoms with E-state index in [1.807, 2.05) is 13.8 Å². The maximum Gasteiger partial charge on any atom is 0.262 e. The summed E-state index contributed by atoms with van der Waals surface area (Å²) in [6.45, 7) is 3.97. The third-order valence-corrected chi connectivity index (χ3v) is 7.51. The Balaban J connectivity index is 1.51. The molecule has 31 heavy (non-hydrogen) atoms. The van der Waals surface area contributed by atoms with E-state index in [-0.39, 0.29) is 17.7 Å². The number of aromatic nitrogens is 4. The molecule has 8 heteroatoms. The van der Waals surface area contributed by atoms with Gasteiger partial charge in [0.2, 0.25) is 0 Å². The highest BCUT2D eigenvalue weighted by Crippen LogP contribution is 2.39. The molecule has 0 unspecified atom stereocenters. The molecule has 1 aromatic carbocycles. The van der Waals surface area contributed by atoms with Gasteiger partial charge in [-0.15, -0.1) is 16.4 Å². The minimum Gasteiger partial charge on any atom is -0.269 e. The second-order valence-corrected chi connectivity index (χ2v) is 9.67. The molecule has 0 saturated heterocycles. The van der Waals surface area contributed by atoms with Gasteiger partial charge in [0, 0.05) is 4.88 Å². The second-order valence-electron chi connectivity index (χ2n) is 8.59. The normalized spacial score (nSPS) is 17.1. The van der Waals surface area contributed by atoms with E-state index in [4.69, 9.17) is 10.1 Å². The summed E-state index contributed by atoms with van der Waals surface area (Å²) in [6, 6.07) is 6.42. The first-order valence-corrected chi connectivity index (χ1v) is 11.5. The van der Waals surface area contributed by atoms with Crippen LogP contribution in [0.15, 0.2) is 30.6 Å².